The molecule has 2 aromatic rings. The van der Waals surface area contributed by atoms with Crippen LogP contribution in [0.5, 0.6) is 11.5 Å². The van der Waals surface area contributed by atoms with Crippen LogP contribution in [0.2, 0.25) is 0 Å². The van der Waals surface area contributed by atoms with Crippen molar-refractivity contribution in [3.8, 4) is 11.5 Å². The van der Waals surface area contributed by atoms with E-state index in [2.05, 4.69) is 33.6 Å². The smallest absolute Gasteiger partial charge is 0.175 e. The Morgan fingerprint density at radius 3 is 2.82 bits per heavy atom. The van der Waals surface area contributed by atoms with E-state index in [1.807, 2.05) is 48.3 Å². The van der Waals surface area contributed by atoms with Crippen LogP contribution in [0.25, 0.3) is 0 Å². The molecule has 3 heterocycles. The lowest BCUT2D eigenvalue weighted by Gasteiger charge is -2.22. The largest absolute Gasteiger partial charge is 0.453 e. The molecule has 2 aliphatic heterocycles. The molecule has 1 saturated heterocycles. The predicted octanol–water partition coefficient (Wildman–Crippen LogP) is 4.87. The van der Waals surface area contributed by atoms with Crippen LogP contribution in [0.15, 0.2) is 52.5 Å². The zero-order chi connectivity index (χ0) is 19.2. The number of nitrogens with zero attached hydrogens (tertiary/aromatic N) is 2. The summed E-state index contributed by atoms with van der Waals surface area (Å²) in [5.74, 6) is 5.16. The van der Waals surface area contributed by atoms with Crippen molar-refractivity contribution in [2.75, 3.05) is 29.9 Å². The summed E-state index contributed by atoms with van der Waals surface area (Å²) in [7, 11) is 0. The van der Waals surface area contributed by atoms with Gasteiger partial charge >= 0.3 is 0 Å². The second-order valence-electron chi connectivity index (χ2n) is 7.16. The third-order valence-corrected chi connectivity index (χ3v) is 7.09. The molecule has 148 valence electrons. The summed E-state index contributed by atoms with van der Waals surface area (Å²) in [6.07, 6.45) is 4.45. The lowest BCUT2D eigenvalue weighted by atomic mass is 10.0. The summed E-state index contributed by atoms with van der Waals surface area (Å²) < 4.78 is 6.17. The van der Waals surface area contributed by atoms with Gasteiger partial charge in [0.2, 0.25) is 0 Å². The molecular weight excluding hydrogens is 388 g/mol. The molecule has 0 amide bonds. The molecule has 0 bridgehead atoms. The maximum atomic E-state index is 6.17. The van der Waals surface area contributed by atoms with Crippen LogP contribution < -0.4 is 15.4 Å². The average molecular weight is 415 g/mol. The van der Waals surface area contributed by atoms with Crippen LogP contribution in [0.4, 0.5) is 5.82 Å². The third-order valence-electron chi connectivity index (χ3n) is 4.77. The highest BCUT2D eigenvalue weighted by atomic mass is 32.2. The Balaban J connectivity index is 1.50. The lowest BCUT2D eigenvalue weighted by molar-refractivity contribution is 0.408. The van der Waals surface area contributed by atoms with Crippen LogP contribution in [0.1, 0.15) is 19.8 Å². The Kier molecular flexibility index (Phi) is 6.77. The molecule has 0 aliphatic carbocycles. The number of benzene rings is 1. The maximum Gasteiger partial charge on any atom is 0.175 e. The molecule has 5 nitrogen and oxygen atoms in total. The van der Waals surface area contributed by atoms with Crippen LogP contribution in [0, 0.1) is 5.92 Å². The molecule has 1 aromatic carbocycles. The molecule has 28 heavy (non-hydrogen) atoms. The number of thioether (sulfide) groups is 2. The molecule has 1 fully saturated rings. The molecule has 2 N–H and O–H groups in total. The monoisotopic (exact) mass is 414 g/mol. The molecule has 0 radical (unpaired) electrons. The predicted molar refractivity (Wildman–Crippen MR) is 120 cm³/mol. The SMILES string of the molecule is CC1CSC(Nc2ncc(SCC3CCNCC3)cc2Oc2ccccc2)=N1. The second-order valence-corrected chi connectivity index (χ2v) is 9.26. The fraction of sp³-hybridized carbons (Fsp3) is 0.429. The fourth-order valence-corrected chi connectivity index (χ4v) is 5.18. The van der Waals surface area contributed by atoms with E-state index in [1.165, 1.54) is 12.8 Å². The van der Waals surface area contributed by atoms with Crippen LogP contribution >= 0.6 is 23.5 Å². The van der Waals surface area contributed by atoms with Gasteiger partial charge in [0.05, 0.1) is 6.04 Å². The highest BCUT2D eigenvalue weighted by Gasteiger charge is 2.18. The van der Waals surface area contributed by atoms with E-state index in [-0.39, 0.29) is 0 Å². The topological polar surface area (TPSA) is 58.5 Å². The first-order valence-electron chi connectivity index (χ1n) is 9.80. The second kappa shape index (κ2) is 9.67. The van der Waals surface area contributed by atoms with Gasteiger partial charge in [-0.3, -0.25) is 4.99 Å². The van der Waals surface area contributed by atoms with E-state index >= 15 is 0 Å². The summed E-state index contributed by atoms with van der Waals surface area (Å²) in [5, 5.41) is 7.69. The molecule has 7 heteroatoms. The lowest BCUT2D eigenvalue weighted by Crippen LogP contribution is -2.28. The molecule has 1 aromatic heterocycles. The minimum absolute atomic E-state index is 0.339. The van der Waals surface area contributed by atoms with Crippen LogP contribution in [-0.4, -0.2) is 40.8 Å². The third kappa shape index (κ3) is 5.43. The van der Waals surface area contributed by atoms with Crippen molar-refractivity contribution >= 4 is 34.5 Å². The zero-order valence-corrected chi connectivity index (χ0v) is 17.7. The standard InChI is InChI=1S/C21H26N4OS2/c1-15-13-28-21(24-15)25-20-19(26-17-5-3-2-4-6-17)11-18(12-23-20)27-14-16-7-9-22-10-8-16/h2-6,11-12,15-16,22H,7-10,13-14H2,1H3,(H,23,24,25). The normalized spacial score (nSPS) is 20.0. The van der Waals surface area contributed by atoms with E-state index in [9.17, 15) is 0 Å². The van der Waals surface area contributed by atoms with E-state index in [0.29, 0.717) is 6.04 Å². The first kappa shape index (κ1) is 19.6. The number of hydrogen-bond donors (Lipinski definition) is 2. The molecule has 0 spiro atoms. The number of aromatic nitrogens is 1. The van der Waals surface area contributed by atoms with E-state index in [4.69, 9.17) is 4.74 Å². The molecule has 0 saturated carbocycles. The van der Waals surface area contributed by atoms with E-state index < -0.39 is 0 Å². The number of aliphatic imine (C=N–C) groups is 1. The molecular formula is C21H26N4OS2. The zero-order valence-electron chi connectivity index (χ0n) is 16.1. The molecule has 1 unspecified atom stereocenters. The fourth-order valence-electron chi connectivity index (χ4n) is 3.20. The van der Waals surface area contributed by atoms with Crippen molar-refractivity contribution in [2.45, 2.75) is 30.7 Å². The Morgan fingerprint density at radius 2 is 2.07 bits per heavy atom. The van der Waals surface area contributed by atoms with Gasteiger partial charge in [-0.15, -0.1) is 11.8 Å². The minimum atomic E-state index is 0.339. The van der Waals surface area contributed by atoms with E-state index in [0.717, 1.165) is 57.9 Å². The van der Waals surface area contributed by atoms with Crippen molar-refractivity contribution in [1.29, 1.82) is 0 Å². The van der Waals surface area contributed by atoms with Gasteiger partial charge in [-0.05, 0) is 57.0 Å². The Labute approximate surface area is 175 Å². The van der Waals surface area contributed by atoms with E-state index in [1.54, 1.807) is 11.8 Å². The quantitative estimate of drug-likeness (QED) is 0.658. The van der Waals surface area contributed by atoms with Gasteiger partial charge in [-0.1, -0.05) is 30.0 Å². The summed E-state index contributed by atoms with van der Waals surface area (Å²) in [4.78, 5) is 10.4. The molecule has 1 atom stereocenters. The number of rotatable bonds is 6. The summed E-state index contributed by atoms with van der Waals surface area (Å²) >= 11 is 3.60. The van der Waals surface area contributed by atoms with Crippen LogP contribution in [0.3, 0.4) is 0 Å². The number of anilines is 1. The molecule has 4 rings (SSSR count). The number of nitrogens with one attached hydrogen (secondary N) is 2. The summed E-state index contributed by atoms with van der Waals surface area (Å²) in [6.45, 7) is 4.39. The van der Waals surface area contributed by atoms with Gasteiger partial charge in [-0.25, -0.2) is 4.98 Å². The number of para-hydroxylation sites is 1. The summed E-state index contributed by atoms with van der Waals surface area (Å²) in [6, 6.07) is 12.3. The van der Waals surface area contributed by atoms with Gasteiger partial charge in [0.15, 0.2) is 16.7 Å². The Morgan fingerprint density at radius 1 is 1.25 bits per heavy atom. The van der Waals surface area contributed by atoms with Crippen LogP contribution in [-0.2, 0) is 0 Å². The number of amidine groups is 1. The Hall–Kier alpha value is -1.70. The van der Waals surface area contributed by atoms with Crippen molar-refractivity contribution in [1.82, 2.24) is 10.3 Å². The van der Waals surface area contributed by atoms with Crippen molar-refractivity contribution in [3.63, 3.8) is 0 Å². The van der Waals surface area contributed by atoms with Crippen molar-refractivity contribution in [3.05, 3.63) is 42.6 Å². The minimum Gasteiger partial charge on any atom is -0.453 e. The first-order valence-corrected chi connectivity index (χ1v) is 11.8. The van der Waals surface area contributed by atoms with Gasteiger partial charge in [0.1, 0.15) is 5.75 Å². The van der Waals surface area contributed by atoms with Crippen molar-refractivity contribution in [2.24, 2.45) is 10.9 Å². The number of hydrogen-bond acceptors (Lipinski definition) is 7. The van der Waals surface area contributed by atoms with Gasteiger partial charge < -0.3 is 15.4 Å². The summed E-state index contributed by atoms with van der Waals surface area (Å²) in [5.41, 5.74) is 0. The maximum absolute atomic E-state index is 6.17. The molecule has 2 aliphatic rings. The van der Waals surface area contributed by atoms with Crippen molar-refractivity contribution < 1.29 is 4.74 Å². The first-order chi connectivity index (χ1) is 13.8. The Bertz CT molecular complexity index is 809. The van der Waals surface area contributed by atoms with Gasteiger partial charge in [0, 0.05) is 22.6 Å². The number of ether oxygens (including phenoxy) is 1. The van der Waals surface area contributed by atoms with Gasteiger partial charge in [0.25, 0.3) is 0 Å². The van der Waals surface area contributed by atoms with Gasteiger partial charge in [-0.2, -0.15) is 0 Å². The highest BCUT2D eigenvalue weighted by molar-refractivity contribution is 8.14. The average Bonchev–Trinajstić information content (AvgIpc) is 3.14. The number of piperidine rings is 1. The number of pyridine rings is 1. The highest BCUT2D eigenvalue weighted by Crippen LogP contribution is 2.34.